The van der Waals surface area contributed by atoms with E-state index in [0.717, 1.165) is 10.4 Å². The lowest BCUT2D eigenvalue weighted by Crippen LogP contribution is -2.45. The molecule has 1 saturated heterocycles. The number of benzene rings is 1. The average molecular weight is 333 g/mol. The molecule has 1 heterocycles. The monoisotopic (exact) mass is 333 g/mol. The van der Waals surface area contributed by atoms with Crippen LogP contribution in [0.15, 0.2) is 23.1 Å². The van der Waals surface area contributed by atoms with Crippen LogP contribution in [0.3, 0.4) is 0 Å². The van der Waals surface area contributed by atoms with Crippen molar-refractivity contribution in [3.05, 3.63) is 29.6 Å². The summed E-state index contributed by atoms with van der Waals surface area (Å²) in [5, 5.41) is 8.77. The fourth-order valence-electron chi connectivity index (χ4n) is 2.21. The highest BCUT2D eigenvalue weighted by Gasteiger charge is 2.45. The number of sulfonamides is 1. The zero-order chi connectivity index (χ0) is 15.8. The second kappa shape index (κ2) is 5.94. The smallest absolute Gasteiger partial charge is 0.322 e. The molecule has 8 heteroatoms. The second-order valence-corrected chi connectivity index (χ2v) is 7.85. The van der Waals surface area contributed by atoms with Gasteiger partial charge in [0.15, 0.2) is 0 Å². The number of hydrogen-bond acceptors (Lipinski definition) is 4. The third-order valence-corrected chi connectivity index (χ3v) is 6.89. The van der Waals surface area contributed by atoms with Crippen molar-refractivity contribution >= 4 is 27.8 Å². The molecule has 5 nitrogen and oxygen atoms in total. The van der Waals surface area contributed by atoms with Crippen molar-refractivity contribution in [2.24, 2.45) is 0 Å². The molecule has 116 valence electrons. The van der Waals surface area contributed by atoms with Gasteiger partial charge in [-0.25, -0.2) is 12.8 Å². The Hall–Kier alpha value is -1.12. The quantitative estimate of drug-likeness (QED) is 0.913. The van der Waals surface area contributed by atoms with Crippen molar-refractivity contribution in [2.75, 3.05) is 5.75 Å². The van der Waals surface area contributed by atoms with Gasteiger partial charge >= 0.3 is 5.97 Å². The van der Waals surface area contributed by atoms with Gasteiger partial charge in [0.1, 0.15) is 11.9 Å². The Morgan fingerprint density at radius 3 is 2.71 bits per heavy atom. The first-order valence-corrected chi connectivity index (χ1v) is 8.92. The molecular weight excluding hydrogens is 317 g/mol. The van der Waals surface area contributed by atoms with Crippen molar-refractivity contribution in [2.45, 2.75) is 36.6 Å². The van der Waals surface area contributed by atoms with Gasteiger partial charge in [-0.3, -0.25) is 4.79 Å². The van der Waals surface area contributed by atoms with Crippen LogP contribution >= 0.6 is 11.8 Å². The maximum atomic E-state index is 13.6. The first-order valence-electron chi connectivity index (χ1n) is 6.43. The Morgan fingerprint density at radius 2 is 2.19 bits per heavy atom. The average Bonchev–Trinajstić information content (AvgIpc) is 2.86. The number of thioether (sulfide) groups is 1. The number of carbonyl (C=O) groups is 1. The summed E-state index contributed by atoms with van der Waals surface area (Å²) < 4.78 is 39.9. The zero-order valence-corrected chi connectivity index (χ0v) is 13.2. The van der Waals surface area contributed by atoms with E-state index >= 15 is 0 Å². The highest BCUT2D eigenvalue weighted by molar-refractivity contribution is 8.01. The summed E-state index contributed by atoms with van der Waals surface area (Å²) in [5.41, 5.74) is 0.339. The Kier molecular flexibility index (Phi) is 4.60. The van der Waals surface area contributed by atoms with Crippen LogP contribution in [-0.2, 0) is 14.8 Å². The number of aryl methyl sites for hydroxylation is 1. The van der Waals surface area contributed by atoms with Gasteiger partial charge in [0.25, 0.3) is 0 Å². The molecule has 1 N–H and O–H groups in total. The summed E-state index contributed by atoms with van der Waals surface area (Å²) in [6.07, 6.45) is 0.488. The lowest BCUT2D eigenvalue weighted by molar-refractivity contribution is -0.140. The summed E-state index contributed by atoms with van der Waals surface area (Å²) in [6.45, 7) is 3.33. The highest BCUT2D eigenvalue weighted by Crippen LogP contribution is 2.36. The van der Waals surface area contributed by atoms with Crippen LogP contribution in [0.2, 0.25) is 0 Å². The molecule has 2 unspecified atom stereocenters. The lowest BCUT2D eigenvalue weighted by atomic mass is 10.2. The SMILES string of the molecule is CCC1SCC(C(=O)O)N1S(=O)(=O)c1ccc(C)c(F)c1. The fourth-order valence-corrected chi connectivity index (χ4v) is 5.75. The maximum Gasteiger partial charge on any atom is 0.322 e. The Morgan fingerprint density at radius 1 is 1.52 bits per heavy atom. The van der Waals surface area contributed by atoms with Gasteiger partial charge in [-0.2, -0.15) is 4.31 Å². The van der Waals surface area contributed by atoms with Gasteiger partial charge in [-0.05, 0) is 31.0 Å². The van der Waals surface area contributed by atoms with Crippen LogP contribution in [0.25, 0.3) is 0 Å². The minimum atomic E-state index is -4.04. The molecule has 0 spiro atoms. The van der Waals surface area contributed by atoms with Crippen LogP contribution in [0.1, 0.15) is 18.9 Å². The number of rotatable bonds is 4. The summed E-state index contributed by atoms with van der Waals surface area (Å²) >= 11 is 1.29. The molecule has 1 aromatic rings. The predicted octanol–water partition coefficient (Wildman–Crippen LogP) is 2.06. The van der Waals surface area contributed by atoms with Gasteiger partial charge in [0, 0.05) is 5.75 Å². The highest BCUT2D eigenvalue weighted by atomic mass is 32.2. The molecule has 21 heavy (non-hydrogen) atoms. The van der Waals surface area contributed by atoms with Gasteiger partial charge in [-0.15, -0.1) is 11.8 Å². The zero-order valence-electron chi connectivity index (χ0n) is 11.6. The van der Waals surface area contributed by atoms with Crippen molar-refractivity contribution in [3.63, 3.8) is 0 Å². The van der Waals surface area contributed by atoms with E-state index < -0.39 is 33.2 Å². The first kappa shape index (κ1) is 16.3. The minimum Gasteiger partial charge on any atom is -0.480 e. The largest absolute Gasteiger partial charge is 0.480 e. The first-order chi connectivity index (χ1) is 9.78. The number of carboxylic acid groups (broad SMARTS) is 1. The number of nitrogens with zero attached hydrogens (tertiary/aromatic N) is 1. The second-order valence-electron chi connectivity index (χ2n) is 4.80. The Balaban J connectivity index is 2.49. The molecule has 1 aliphatic heterocycles. The van der Waals surface area contributed by atoms with Crippen molar-refractivity contribution in [1.82, 2.24) is 4.31 Å². The van der Waals surface area contributed by atoms with E-state index in [0.29, 0.717) is 12.0 Å². The molecule has 1 aromatic carbocycles. The molecule has 0 bridgehead atoms. The summed E-state index contributed by atoms with van der Waals surface area (Å²) in [7, 11) is -4.04. The van der Waals surface area contributed by atoms with E-state index in [4.69, 9.17) is 0 Å². The molecule has 0 aromatic heterocycles. The van der Waals surface area contributed by atoms with Gasteiger partial charge < -0.3 is 5.11 Å². The summed E-state index contributed by atoms with van der Waals surface area (Å²) in [6, 6.07) is 2.51. The van der Waals surface area contributed by atoms with Crippen LogP contribution < -0.4 is 0 Å². The van der Waals surface area contributed by atoms with E-state index in [9.17, 15) is 22.7 Å². The lowest BCUT2D eigenvalue weighted by Gasteiger charge is -2.25. The van der Waals surface area contributed by atoms with Crippen LogP contribution in [0, 0.1) is 12.7 Å². The summed E-state index contributed by atoms with van der Waals surface area (Å²) in [5.74, 6) is -1.61. The van der Waals surface area contributed by atoms with Gasteiger partial charge in [0.2, 0.25) is 10.0 Å². The molecule has 0 saturated carbocycles. The molecule has 1 aliphatic rings. The molecular formula is C13H16FNO4S2. The fraction of sp³-hybridized carbons (Fsp3) is 0.462. The normalized spacial score (nSPS) is 23.4. The maximum absolute atomic E-state index is 13.6. The number of halogens is 1. The summed E-state index contributed by atoms with van der Waals surface area (Å²) in [4.78, 5) is 11.1. The number of carboxylic acids is 1. The number of aliphatic carboxylic acids is 1. The van der Waals surface area contributed by atoms with Crippen LogP contribution in [0.4, 0.5) is 4.39 Å². The number of hydrogen-bond donors (Lipinski definition) is 1. The van der Waals surface area contributed by atoms with E-state index in [1.165, 1.54) is 30.8 Å². The Bertz CT molecular complexity index is 662. The molecule has 2 atom stereocenters. The van der Waals surface area contributed by atoms with Crippen molar-refractivity contribution < 1.29 is 22.7 Å². The van der Waals surface area contributed by atoms with Gasteiger partial charge in [-0.1, -0.05) is 13.0 Å². The molecule has 2 rings (SSSR count). The molecule has 1 fully saturated rings. The van der Waals surface area contributed by atoms with E-state index in [-0.39, 0.29) is 10.6 Å². The molecule has 0 radical (unpaired) electrons. The van der Waals surface area contributed by atoms with E-state index in [1.54, 1.807) is 6.92 Å². The molecule has 0 amide bonds. The topological polar surface area (TPSA) is 74.7 Å². The third-order valence-electron chi connectivity index (χ3n) is 3.39. The van der Waals surface area contributed by atoms with E-state index in [1.807, 2.05) is 0 Å². The van der Waals surface area contributed by atoms with E-state index in [2.05, 4.69) is 0 Å². The molecule has 0 aliphatic carbocycles. The van der Waals surface area contributed by atoms with Gasteiger partial charge in [0.05, 0.1) is 10.3 Å². The minimum absolute atomic E-state index is 0.196. The standard InChI is InChI=1S/C13H16FNO4S2/c1-3-12-15(11(7-20-12)13(16)17)21(18,19)9-5-4-8(2)10(14)6-9/h4-6,11-12H,3,7H2,1-2H3,(H,16,17). The van der Waals surface area contributed by atoms with Crippen molar-refractivity contribution in [3.8, 4) is 0 Å². The van der Waals surface area contributed by atoms with Crippen molar-refractivity contribution in [1.29, 1.82) is 0 Å². The van der Waals surface area contributed by atoms with Crippen LogP contribution in [-0.4, -0.2) is 41.0 Å². The van der Waals surface area contributed by atoms with Crippen LogP contribution in [0.5, 0.6) is 0 Å². The Labute approximate surface area is 127 Å². The third kappa shape index (κ3) is 2.93. The predicted molar refractivity (Wildman–Crippen MR) is 78.1 cm³/mol.